The third kappa shape index (κ3) is 6.07. The van der Waals surface area contributed by atoms with Gasteiger partial charge in [-0.15, -0.1) is 24.0 Å². The van der Waals surface area contributed by atoms with Gasteiger partial charge in [0.1, 0.15) is 0 Å². The Morgan fingerprint density at radius 3 is 2.32 bits per heavy atom. The van der Waals surface area contributed by atoms with Crippen LogP contribution in [0.5, 0.6) is 0 Å². The van der Waals surface area contributed by atoms with E-state index in [0.717, 1.165) is 24.6 Å². The molecule has 114 valence electrons. The lowest BCUT2D eigenvalue weighted by Crippen LogP contribution is -2.43. The molecule has 8 heteroatoms. The molecule has 1 saturated heterocycles. The quantitative estimate of drug-likeness (QED) is 0.421. The van der Waals surface area contributed by atoms with E-state index >= 15 is 0 Å². The molecule has 0 amide bonds. The van der Waals surface area contributed by atoms with Gasteiger partial charge in [-0.25, -0.2) is 8.42 Å². The van der Waals surface area contributed by atoms with Crippen molar-refractivity contribution in [2.75, 3.05) is 36.9 Å². The fourth-order valence-electron chi connectivity index (χ4n) is 1.48. The lowest BCUT2D eigenvalue weighted by molar-refractivity contribution is 0.456. The molecule has 0 radical (unpaired) electrons. The Morgan fingerprint density at radius 2 is 1.84 bits per heavy atom. The molecular weight excluding hydrogens is 397 g/mol. The second-order valence-corrected chi connectivity index (χ2v) is 9.36. The molecule has 0 aromatic heterocycles. The summed E-state index contributed by atoms with van der Waals surface area (Å²) in [7, 11) is -3.11. The van der Waals surface area contributed by atoms with E-state index in [1.54, 1.807) is 20.8 Å². The molecule has 5 nitrogen and oxygen atoms in total. The summed E-state index contributed by atoms with van der Waals surface area (Å²) in [5, 5.41) is 0. The van der Waals surface area contributed by atoms with E-state index in [2.05, 4.69) is 4.99 Å². The highest BCUT2D eigenvalue weighted by atomic mass is 127. The number of guanidine groups is 1. The van der Waals surface area contributed by atoms with E-state index in [1.165, 1.54) is 0 Å². The first-order valence-corrected chi connectivity index (χ1v) is 8.90. The van der Waals surface area contributed by atoms with Gasteiger partial charge in [-0.05, 0) is 20.8 Å². The maximum atomic E-state index is 11.9. The van der Waals surface area contributed by atoms with Crippen LogP contribution in [0.15, 0.2) is 4.99 Å². The van der Waals surface area contributed by atoms with Crippen molar-refractivity contribution in [1.29, 1.82) is 0 Å². The van der Waals surface area contributed by atoms with Gasteiger partial charge in [0.25, 0.3) is 0 Å². The molecule has 1 aliphatic heterocycles. The van der Waals surface area contributed by atoms with Crippen molar-refractivity contribution in [3.8, 4) is 0 Å². The summed E-state index contributed by atoms with van der Waals surface area (Å²) in [6, 6.07) is 0. The molecule has 0 atom stereocenters. The average molecular weight is 421 g/mol. The van der Waals surface area contributed by atoms with Crippen molar-refractivity contribution in [2.24, 2.45) is 10.7 Å². The molecule has 2 N–H and O–H groups in total. The normalized spacial score (nSPS) is 18.1. The van der Waals surface area contributed by atoms with Crippen LogP contribution in [0.25, 0.3) is 0 Å². The van der Waals surface area contributed by atoms with Gasteiger partial charge in [0, 0.05) is 24.6 Å². The third-order valence-electron chi connectivity index (χ3n) is 2.90. The number of hydrogen-bond donors (Lipinski definition) is 1. The zero-order chi connectivity index (χ0) is 13.8. The zero-order valence-corrected chi connectivity index (χ0v) is 15.7. The summed E-state index contributed by atoms with van der Waals surface area (Å²) >= 11 is 1.90. The summed E-state index contributed by atoms with van der Waals surface area (Å²) in [6.07, 6.45) is 0. The Hall–Kier alpha value is 0.300. The van der Waals surface area contributed by atoms with Crippen molar-refractivity contribution in [1.82, 2.24) is 4.90 Å². The molecule has 0 unspecified atom stereocenters. The van der Waals surface area contributed by atoms with Crippen molar-refractivity contribution in [2.45, 2.75) is 25.5 Å². The van der Waals surface area contributed by atoms with Crippen LogP contribution in [0.2, 0.25) is 0 Å². The highest BCUT2D eigenvalue weighted by molar-refractivity contribution is 14.0. The zero-order valence-electron chi connectivity index (χ0n) is 11.8. The SMILES string of the molecule is CC(C)(C)S(=O)(=O)CCN=C(N)N1CCSCC1.I. The van der Waals surface area contributed by atoms with E-state index in [9.17, 15) is 8.42 Å². The van der Waals surface area contributed by atoms with Crippen molar-refractivity contribution >= 4 is 51.5 Å². The summed E-state index contributed by atoms with van der Waals surface area (Å²) in [4.78, 5) is 6.19. The molecule has 1 fully saturated rings. The second-order valence-electron chi connectivity index (χ2n) is 5.27. The number of thioether (sulfide) groups is 1. The Morgan fingerprint density at radius 1 is 1.32 bits per heavy atom. The monoisotopic (exact) mass is 421 g/mol. The predicted octanol–water partition coefficient (Wildman–Crippen LogP) is 1.18. The summed E-state index contributed by atoms with van der Waals surface area (Å²) in [6.45, 7) is 7.15. The molecule has 1 heterocycles. The first-order chi connectivity index (χ1) is 8.24. The van der Waals surface area contributed by atoms with Crippen LogP contribution in [-0.4, -0.2) is 60.9 Å². The van der Waals surface area contributed by atoms with Gasteiger partial charge in [0.05, 0.1) is 17.0 Å². The molecule has 1 aliphatic rings. The third-order valence-corrected chi connectivity index (χ3v) is 6.43. The summed E-state index contributed by atoms with van der Waals surface area (Å²) in [5.74, 6) is 2.63. The number of rotatable bonds is 3. The number of hydrogen-bond acceptors (Lipinski definition) is 4. The van der Waals surface area contributed by atoms with Crippen LogP contribution < -0.4 is 5.73 Å². The molecule has 0 aromatic carbocycles. The fourth-order valence-corrected chi connectivity index (χ4v) is 3.33. The van der Waals surface area contributed by atoms with Gasteiger partial charge < -0.3 is 10.6 Å². The molecule has 0 bridgehead atoms. The van der Waals surface area contributed by atoms with Crippen molar-refractivity contribution in [3.63, 3.8) is 0 Å². The van der Waals surface area contributed by atoms with Crippen LogP contribution in [0.3, 0.4) is 0 Å². The molecule has 0 saturated carbocycles. The molecule has 19 heavy (non-hydrogen) atoms. The highest BCUT2D eigenvalue weighted by Crippen LogP contribution is 2.15. The number of nitrogens with two attached hydrogens (primary N) is 1. The van der Waals surface area contributed by atoms with Gasteiger partial charge in [0.2, 0.25) is 0 Å². The van der Waals surface area contributed by atoms with E-state index in [1.807, 2.05) is 16.7 Å². The van der Waals surface area contributed by atoms with E-state index < -0.39 is 14.6 Å². The van der Waals surface area contributed by atoms with Crippen LogP contribution in [0.4, 0.5) is 0 Å². The molecule has 1 rings (SSSR count). The Balaban J connectivity index is 0.00000324. The standard InChI is InChI=1S/C11H23N3O2S2.HI/c1-11(2,3)18(15,16)9-4-13-10(12)14-5-7-17-8-6-14;/h4-9H2,1-3H3,(H2,12,13);1H. The maximum absolute atomic E-state index is 11.9. The van der Waals surface area contributed by atoms with E-state index in [4.69, 9.17) is 5.73 Å². The van der Waals surface area contributed by atoms with Crippen LogP contribution in [0, 0.1) is 0 Å². The predicted molar refractivity (Wildman–Crippen MR) is 94.3 cm³/mol. The van der Waals surface area contributed by atoms with Gasteiger partial charge in [-0.1, -0.05) is 0 Å². The minimum absolute atomic E-state index is 0. The number of aliphatic imine (C=N–C) groups is 1. The smallest absolute Gasteiger partial charge is 0.191 e. The summed E-state index contributed by atoms with van der Waals surface area (Å²) < 4.78 is 23.0. The summed E-state index contributed by atoms with van der Waals surface area (Å²) in [5.41, 5.74) is 5.86. The number of nitrogens with zero attached hydrogens (tertiary/aromatic N) is 2. The largest absolute Gasteiger partial charge is 0.370 e. The minimum atomic E-state index is -3.11. The molecule has 0 spiro atoms. The molecular formula is C11H24IN3O2S2. The first-order valence-electron chi connectivity index (χ1n) is 6.09. The van der Waals surface area contributed by atoms with Gasteiger partial charge in [-0.3, -0.25) is 4.99 Å². The Bertz CT molecular complexity index is 399. The van der Waals surface area contributed by atoms with E-state index in [0.29, 0.717) is 5.96 Å². The first kappa shape index (κ1) is 19.3. The van der Waals surface area contributed by atoms with Gasteiger partial charge >= 0.3 is 0 Å². The Kier molecular flexibility index (Phi) is 8.04. The van der Waals surface area contributed by atoms with E-state index in [-0.39, 0.29) is 36.3 Å². The highest BCUT2D eigenvalue weighted by Gasteiger charge is 2.28. The minimum Gasteiger partial charge on any atom is -0.370 e. The number of halogens is 1. The molecule has 0 aromatic rings. The van der Waals surface area contributed by atoms with Gasteiger partial charge in [0.15, 0.2) is 15.8 Å². The number of sulfone groups is 1. The maximum Gasteiger partial charge on any atom is 0.191 e. The molecule has 0 aliphatic carbocycles. The van der Waals surface area contributed by atoms with Crippen LogP contribution in [0.1, 0.15) is 20.8 Å². The average Bonchev–Trinajstić information content (AvgIpc) is 2.28. The van der Waals surface area contributed by atoms with Gasteiger partial charge in [-0.2, -0.15) is 11.8 Å². The Labute approximate surface area is 137 Å². The lowest BCUT2D eigenvalue weighted by Gasteiger charge is -2.27. The second kappa shape index (κ2) is 7.92. The van der Waals surface area contributed by atoms with Crippen molar-refractivity contribution < 1.29 is 8.42 Å². The van der Waals surface area contributed by atoms with Crippen molar-refractivity contribution in [3.05, 3.63) is 0 Å². The fraction of sp³-hybridized carbons (Fsp3) is 0.909. The lowest BCUT2D eigenvalue weighted by atomic mass is 10.3. The van der Waals surface area contributed by atoms with Crippen LogP contribution >= 0.6 is 35.7 Å². The van der Waals surface area contributed by atoms with Crippen LogP contribution in [-0.2, 0) is 9.84 Å². The topological polar surface area (TPSA) is 75.8 Å².